The number of fused-ring (bicyclic) bond motifs is 3. The average Bonchev–Trinajstić information content (AvgIpc) is 3.12. The van der Waals surface area contributed by atoms with Crippen molar-refractivity contribution in [1.82, 2.24) is 0 Å². The van der Waals surface area contributed by atoms with Crippen molar-refractivity contribution in [2.45, 2.75) is 30.9 Å². The van der Waals surface area contributed by atoms with E-state index in [1.54, 1.807) is 20.0 Å². The van der Waals surface area contributed by atoms with Gasteiger partial charge in [-0.15, -0.1) is 0 Å². The van der Waals surface area contributed by atoms with Gasteiger partial charge in [0.25, 0.3) is 0 Å². The Morgan fingerprint density at radius 3 is 1.84 bits per heavy atom. The first-order valence-electron chi connectivity index (χ1n) is 8.40. The fourth-order valence-corrected chi connectivity index (χ4v) is 9.55. The van der Waals surface area contributed by atoms with Crippen LogP contribution in [0.1, 0.15) is 42.0 Å². The van der Waals surface area contributed by atoms with E-state index in [9.17, 15) is 0 Å². The number of allylic oxidation sites excluding steroid dienone is 4. The van der Waals surface area contributed by atoms with Crippen LogP contribution in [0, 0.1) is 5.41 Å². The van der Waals surface area contributed by atoms with E-state index in [4.69, 9.17) is 0 Å². The van der Waals surface area contributed by atoms with Crippen molar-refractivity contribution in [2.24, 2.45) is 5.41 Å². The van der Waals surface area contributed by atoms with Gasteiger partial charge >= 0.3 is 151 Å². The summed E-state index contributed by atoms with van der Waals surface area (Å²) in [6.45, 7) is 6.98. The molecule has 0 atom stereocenters. The fraction of sp³-hybridized carbons (Fsp3) is 0.273. The minimum Gasteiger partial charge on any atom is -1.00 e. The average molecular weight is 536 g/mol. The van der Waals surface area contributed by atoms with Crippen LogP contribution in [-0.2, 0) is 22.9 Å². The summed E-state index contributed by atoms with van der Waals surface area (Å²) in [5, 5.41) is 0. The molecule has 4 rings (SSSR count). The summed E-state index contributed by atoms with van der Waals surface area (Å²) in [4.78, 5) is 0. The van der Waals surface area contributed by atoms with Gasteiger partial charge in [-0.1, -0.05) is 0 Å². The third-order valence-corrected chi connectivity index (χ3v) is 10.8. The summed E-state index contributed by atoms with van der Waals surface area (Å²) < 4.78 is 2.48. The first kappa shape index (κ1) is 20.7. The van der Waals surface area contributed by atoms with Crippen LogP contribution >= 0.6 is 0 Å². The minimum absolute atomic E-state index is 0. The molecule has 0 aliphatic heterocycles. The number of benzene rings is 2. The van der Waals surface area contributed by atoms with Gasteiger partial charge in [-0.25, -0.2) is 0 Å². The molecular weight excluding hydrogens is 514 g/mol. The molecule has 128 valence electrons. The van der Waals surface area contributed by atoms with Crippen molar-refractivity contribution in [3.8, 4) is 11.1 Å². The van der Waals surface area contributed by atoms with Crippen LogP contribution in [-0.4, -0.2) is 0 Å². The standard InChI is InChI=1S/C13H9.C9H13.2ClH.Hf/c1-3-7-12-10(5-1)9-11-6-2-4-8-13(11)12;1-9(2,3)8-6-4-5-7-8;;;/h1-9H;6-7H,4H2,1-3H3;2*1H;/q;;;;+2/p-2. The molecule has 25 heavy (non-hydrogen) atoms. The SMILES string of the molecule is CC(C)(C)C1=CC[C]([Hf+2][CH]2c3ccccc3-c3ccccc32)=C1.[Cl-].[Cl-]. The molecule has 3 heteroatoms. The molecule has 2 aliphatic carbocycles. The van der Waals surface area contributed by atoms with Gasteiger partial charge in [0, 0.05) is 0 Å². The Balaban J connectivity index is 0.00000113. The van der Waals surface area contributed by atoms with Crippen molar-refractivity contribution in [3.63, 3.8) is 0 Å². The summed E-state index contributed by atoms with van der Waals surface area (Å²) in [6.07, 6.45) is 6.21. The summed E-state index contributed by atoms with van der Waals surface area (Å²) in [6, 6.07) is 18.1. The third kappa shape index (κ3) is 3.89. The Hall–Kier alpha value is -0.630. The Bertz CT molecular complexity index is 782. The van der Waals surface area contributed by atoms with Gasteiger partial charge < -0.3 is 24.8 Å². The van der Waals surface area contributed by atoms with Crippen LogP contribution < -0.4 is 24.8 Å². The Labute approximate surface area is 175 Å². The molecular formula is C22H22Cl2Hf. The molecule has 0 unspecified atom stereocenters. The summed E-state index contributed by atoms with van der Waals surface area (Å²) in [5.41, 5.74) is 7.95. The Morgan fingerprint density at radius 2 is 1.36 bits per heavy atom. The smallest absolute Gasteiger partial charge is 1.00 e. The molecule has 0 spiro atoms. The van der Waals surface area contributed by atoms with E-state index in [0.717, 1.165) is 0 Å². The van der Waals surface area contributed by atoms with Crippen molar-refractivity contribution < 1.29 is 47.7 Å². The second-order valence-electron chi connectivity index (χ2n) is 7.54. The second kappa shape index (κ2) is 7.94. The topological polar surface area (TPSA) is 0 Å². The first-order valence-corrected chi connectivity index (χ1v) is 12.3. The van der Waals surface area contributed by atoms with E-state index in [1.165, 1.54) is 17.5 Å². The molecule has 0 saturated carbocycles. The van der Waals surface area contributed by atoms with Gasteiger partial charge in [0.05, 0.1) is 0 Å². The van der Waals surface area contributed by atoms with Gasteiger partial charge in [-0.2, -0.15) is 0 Å². The summed E-state index contributed by atoms with van der Waals surface area (Å²) in [7, 11) is 0. The van der Waals surface area contributed by atoms with E-state index in [-0.39, 0.29) is 30.2 Å². The van der Waals surface area contributed by atoms with E-state index < -0.39 is 22.9 Å². The van der Waals surface area contributed by atoms with Gasteiger partial charge in [-0.3, -0.25) is 0 Å². The third-order valence-electron chi connectivity index (χ3n) is 4.90. The number of hydrogen-bond acceptors (Lipinski definition) is 0. The zero-order valence-electron chi connectivity index (χ0n) is 14.8. The van der Waals surface area contributed by atoms with Gasteiger partial charge in [0.2, 0.25) is 0 Å². The molecule has 0 aromatic heterocycles. The van der Waals surface area contributed by atoms with Crippen LogP contribution in [0.15, 0.2) is 69.6 Å². The molecule has 2 aromatic rings. The summed E-state index contributed by atoms with van der Waals surface area (Å²) in [5.74, 6) is 0. The molecule has 0 nitrogen and oxygen atoms in total. The molecule has 0 N–H and O–H groups in total. The molecule has 0 saturated heterocycles. The molecule has 0 amide bonds. The zero-order valence-corrected chi connectivity index (χ0v) is 19.9. The zero-order chi connectivity index (χ0) is 16.0. The Kier molecular flexibility index (Phi) is 6.57. The minimum atomic E-state index is -0.925. The largest absolute Gasteiger partial charge is 1.00 e. The fourth-order valence-electron chi connectivity index (χ4n) is 3.65. The van der Waals surface area contributed by atoms with Crippen molar-refractivity contribution in [1.29, 1.82) is 0 Å². The molecule has 0 fully saturated rings. The first-order chi connectivity index (χ1) is 11.0. The maximum absolute atomic E-state index is 2.53. The van der Waals surface area contributed by atoms with E-state index in [1.807, 2.05) is 0 Å². The quantitative estimate of drug-likeness (QED) is 0.479. The van der Waals surface area contributed by atoms with Crippen LogP contribution in [0.5, 0.6) is 0 Å². The number of halogens is 2. The van der Waals surface area contributed by atoms with E-state index in [0.29, 0.717) is 3.67 Å². The molecule has 0 heterocycles. The monoisotopic (exact) mass is 536 g/mol. The van der Waals surface area contributed by atoms with Gasteiger partial charge in [0.15, 0.2) is 0 Å². The molecule has 2 aliphatic rings. The predicted molar refractivity (Wildman–Crippen MR) is 94.0 cm³/mol. The van der Waals surface area contributed by atoms with Crippen LogP contribution in [0.3, 0.4) is 0 Å². The number of rotatable bonds is 2. The predicted octanol–water partition coefficient (Wildman–Crippen LogP) is 0.107. The second-order valence-corrected chi connectivity index (χ2v) is 13.0. The maximum atomic E-state index is 2.53. The van der Waals surface area contributed by atoms with E-state index >= 15 is 0 Å². The van der Waals surface area contributed by atoms with Crippen molar-refractivity contribution >= 4 is 0 Å². The molecule has 0 radical (unpaired) electrons. The normalized spacial score (nSPS) is 15.2. The van der Waals surface area contributed by atoms with Crippen LogP contribution in [0.2, 0.25) is 0 Å². The van der Waals surface area contributed by atoms with Crippen LogP contribution in [0.25, 0.3) is 11.1 Å². The molecule has 2 aromatic carbocycles. The van der Waals surface area contributed by atoms with Gasteiger partial charge in [0.1, 0.15) is 0 Å². The van der Waals surface area contributed by atoms with Crippen LogP contribution in [0.4, 0.5) is 0 Å². The van der Waals surface area contributed by atoms with Crippen molar-refractivity contribution in [2.75, 3.05) is 0 Å². The molecule has 0 bridgehead atoms. The Morgan fingerprint density at radius 1 is 0.840 bits per heavy atom. The number of hydrogen-bond donors (Lipinski definition) is 0. The maximum Gasteiger partial charge on any atom is -1.00 e. The van der Waals surface area contributed by atoms with Crippen molar-refractivity contribution in [3.05, 3.63) is 80.7 Å². The van der Waals surface area contributed by atoms with E-state index in [2.05, 4.69) is 81.5 Å². The summed E-state index contributed by atoms with van der Waals surface area (Å²) >= 11 is -0.925. The van der Waals surface area contributed by atoms with Gasteiger partial charge in [-0.05, 0) is 0 Å².